The number of para-hydroxylation sites is 1. The molecule has 48 heavy (non-hydrogen) atoms. The average molecular weight is 628 g/mol. The van der Waals surface area contributed by atoms with Gasteiger partial charge in [0.15, 0.2) is 0 Å². The van der Waals surface area contributed by atoms with Crippen LogP contribution in [-0.4, -0.2) is 0 Å². The van der Waals surface area contributed by atoms with Gasteiger partial charge in [0.1, 0.15) is 0 Å². The molecule has 0 N–H and O–H groups in total. The first-order valence-electron chi connectivity index (χ1n) is 16.4. The summed E-state index contributed by atoms with van der Waals surface area (Å²) >= 11 is 1.86. The molecule has 0 atom stereocenters. The van der Waals surface area contributed by atoms with E-state index < -0.39 is 0 Å². The van der Waals surface area contributed by atoms with Gasteiger partial charge in [0, 0.05) is 37.2 Å². The number of benzene rings is 9. The van der Waals surface area contributed by atoms with Crippen molar-refractivity contribution in [2.24, 2.45) is 0 Å². The summed E-state index contributed by atoms with van der Waals surface area (Å²) in [6.07, 6.45) is 0. The summed E-state index contributed by atoms with van der Waals surface area (Å²) in [6, 6.07) is 64.5. The lowest BCUT2D eigenvalue weighted by Crippen LogP contribution is -2.09. The summed E-state index contributed by atoms with van der Waals surface area (Å²) in [4.78, 5) is 2.38. The molecule has 0 saturated carbocycles. The summed E-state index contributed by atoms with van der Waals surface area (Å²) in [5.41, 5.74) is 5.84. The second kappa shape index (κ2) is 10.8. The molecular formula is C46H29NS. The van der Waals surface area contributed by atoms with E-state index in [2.05, 4.69) is 181 Å². The molecule has 1 nitrogen and oxygen atoms in total. The zero-order valence-corrected chi connectivity index (χ0v) is 26.9. The van der Waals surface area contributed by atoms with E-state index in [0.717, 1.165) is 17.1 Å². The maximum Gasteiger partial charge on any atom is 0.0468 e. The Bertz CT molecular complexity index is 2820. The lowest BCUT2D eigenvalue weighted by Gasteiger charge is -2.26. The van der Waals surface area contributed by atoms with Gasteiger partial charge in [-0.25, -0.2) is 0 Å². The first kappa shape index (κ1) is 27.2. The second-order valence-corrected chi connectivity index (χ2v) is 13.6. The molecule has 9 aromatic carbocycles. The summed E-state index contributed by atoms with van der Waals surface area (Å²) in [6.45, 7) is 0. The van der Waals surface area contributed by atoms with Crippen LogP contribution in [0.5, 0.6) is 0 Å². The van der Waals surface area contributed by atoms with Crippen molar-refractivity contribution in [3.05, 3.63) is 176 Å². The molecule has 0 unspecified atom stereocenters. The van der Waals surface area contributed by atoms with Gasteiger partial charge in [-0.05, 0) is 109 Å². The van der Waals surface area contributed by atoms with E-state index in [1.807, 2.05) is 11.3 Å². The number of hydrogen-bond acceptors (Lipinski definition) is 2. The third-order valence-electron chi connectivity index (χ3n) is 9.80. The van der Waals surface area contributed by atoms with E-state index in [1.165, 1.54) is 74.4 Å². The van der Waals surface area contributed by atoms with Gasteiger partial charge in [0.05, 0.1) is 0 Å². The van der Waals surface area contributed by atoms with Crippen LogP contribution in [0.2, 0.25) is 0 Å². The predicted molar refractivity (Wildman–Crippen MR) is 209 cm³/mol. The summed E-state index contributed by atoms with van der Waals surface area (Å²) in [7, 11) is 0. The zero-order chi connectivity index (χ0) is 31.6. The minimum atomic E-state index is 1.13. The molecule has 0 aliphatic heterocycles. The first-order valence-corrected chi connectivity index (χ1v) is 17.2. The molecule has 1 aromatic heterocycles. The number of fused-ring (bicyclic) bond motifs is 10. The van der Waals surface area contributed by atoms with Gasteiger partial charge in [-0.1, -0.05) is 121 Å². The van der Waals surface area contributed by atoms with Crippen molar-refractivity contribution in [3.8, 4) is 11.1 Å². The van der Waals surface area contributed by atoms with Crippen molar-refractivity contribution in [1.82, 2.24) is 0 Å². The fraction of sp³-hybridized carbons (Fsp3) is 0. The summed E-state index contributed by atoms with van der Waals surface area (Å²) < 4.78 is 2.67. The van der Waals surface area contributed by atoms with E-state index in [-0.39, 0.29) is 0 Å². The van der Waals surface area contributed by atoms with Gasteiger partial charge >= 0.3 is 0 Å². The van der Waals surface area contributed by atoms with Crippen molar-refractivity contribution in [1.29, 1.82) is 0 Å². The van der Waals surface area contributed by atoms with E-state index >= 15 is 0 Å². The second-order valence-electron chi connectivity index (χ2n) is 12.5. The highest BCUT2D eigenvalue weighted by Gasteiger charge is 2.16. The van der Waals surface area contributed by atoms with Gasteiger partial charge < -0.3 is 4.90 Å². The molecule has 0 saturated heterocycles. The predicted octanol–water partition coefficient (Wildman–Crippen LogP) is 13.8. The summed E-state index contributed by atoms with van der Waals surface area (Å²) in [5.74, 6) is 0. The highest BCUT2D eigenvalue weighted by Crippen LogP contribution is 2.42. The Morgan fingerprint density at radius 3 is 1.65 bits per heavy atom. The number of hydrogen-bond donors (Lipinski definition) is 0. The number of rotatable bonds is 4. The topological polar surface area (TPSA) is 3.24 Å². The molecule has 0 radical (unpaired) electrons. The van der Waals surface area contributed by atoms with E-state index in [0.29, 0.717) is 0 Å². The van der Waals surface area contributed by atoms with E-state index in [1.54, 1.807) is 0 Å². The van der Waals surface area contributed by atoms with Crippen LogP contribution in [0.1, 0.15) is 0 Å². The van der Waals surface area contributed by atoms with Crippen LogP contribution in [0.3, 0.4) is 0 Å². The molecule has 2 heteroatoms. The van der Waals surface area contributed by atoms with Crippen LogP contribution in [0.15, 0.2) is 176 Å². The standard InChI is InChI=1S/C46H29NS/c1-2-9-36(10-3-1)47(37-24-20-30(21-25-37)35-23-27-44-42(28-35)40-12-6-7-13-43(40)48-44)38-26-22-32-15-17-34-19-18-33-16-14-31-8-4-5-11-39(31)45(33)46(34)41(32)29-38/h1-29H. The monoisotopic (exact) mass is 627 g/mol. The molecule has 10 rings (SSSR count). The Hall–Kier alpha value is -5.96. The van der Waals surface area contributed by atoms with E-state index in [9.17, 15) is 0 Å². The molecule has 0 aliphatic rings. The molecule has 10 aromatic rings. The lowest BCUT2D eigenvalue weighted by molar-refractivity contribution is 1.29. The first-order chi connectivity index (χ1) is 23.8. The van der Waals surface area contributed by atoms with Crippen molar-refractivity contribution in [3.63, 3.8) is 0 Å². The maximum atomic E-state index is 2.38. The molecule has 1 heterocycles. The van der Waals surface area contributed by atoms with E-state index in [4.69, 9.17) is 0 Å². The minimum absolute atomic E-state index is 1.13. The van der Waals surface area contributed by atoms with Crippen molar-refractivity contribution < 1.29 is 0 Å². The molecule has 0 spiro atoms. The number of nitrogens with zero attached hydrogens (tertiary/aromatic N) is 1. The smallest absolute Gasteiger partial charge is 0.0468 e. The zero-order valence-electron chi connectivity index (χ0n) is 26.1. The molecule has 0 fully saturated rings. The highest BCUT2D eigenvalue weighted by atomic mass is 32.1. The Morgan fingerprint density at radius 1 is 0.312 bits per heavy atom. The van der Waals surface area contributed by atoms with Crippen LogP contribution in [0, 0.1) is 0 Å². The minimum Gasteiger partial charge on any atom is -0.310 e. The Balaban J connectivity index is 1.14. The SMILES string of the molecule is c1ccc(N(c2ccc(-c3ccc4sc5ccccc5c4c3)cc2)c2ccc3ccc4ccc5ccc6ccccc6c5c4c3c2)cc1. The molecule has 0 aliphatic carbocycles. The summed E-state index contributed by atoms with van der Waals surface area (Å²) in [5, 5.41) is 12.9. The molecular weight excluding hydrogens is 599 g/mol. The van der Waals surface area contributed by atoms with Gasteiger partial charge in [-0.3, -0.25) is 0 Å². The molecule has 224 valence electrons. The van der Waals surface area contributed by atoms with Crippen LogP contribution in [0.25, 0.3) is 74.4 Å². The number of anilines is 3. The fourth-order valence-electron chi connectivity index (χ4n) is 7.50. The van der Waals surface area contributed by atoms with Crippen LogP contribution in [-0.2, 0) is 0 Å². The number of thiophene rings is 1. The Kier molecular flexibility index (Phi) is 6.12. The largest absolute Gasteiger partial charge is 0.310 e. The maximum absolute atomic E-state index is 2.38. The van der Waals surface area contributed by atoms with Crippen molar-refractivity contribution in [2.45, 2.75) is 0 Å². The van der Waals surface area contributed by atoms with Gasteiger partial charge in [-0.15, -0.1) is 11.3 Å². The van der Waals surface area contributed by atoms with Crippen molar-refractivity contribution in [2.75, 3.05) is 4.90 Å². The highest BCUT2D eigenvalue weighted by molar-refractivity contribution is 7.25. The van der Waals surface area contributed by atoms with Crippen LogP contribution < -0.4 is 4.90 Å². The fourth-order valence-corrected chi connectivity index (χ4v) is 8.59. The molecule has 0 amide bonds. The quantitative estimate of drug-likeness (QED) is 0.176. The third kappa shape index (κ3) is 4.31. The van der Waals surface area contributed by atoms with Gasteiger partial charge in [0.25, 0.3) is 0 Å². The van der Waals surface area contributed by atoms with Gasteiger partial charge in [0.2, 0.25) is 0 Å². The van der Waals surface area contributed by atoms with Crippen LogP contribution in [0.4, 0.5) is 17.1 Å². The van der Waals surface area contributed by atoms with Gasteiger partial charge in [-0.2, -0.15) is 0 Å². The Morgan fingerprint density at radius 2 is 0.854 bits per heavy atom. The Labute approximate surface area is 282 Å². The van der Waals surface area contributed by atoms with Crippen molar-refractivity contribution >= 4 is 91.7 Å². The van der Waals surface area contributed by atoms with Crippen LogP contribution >= 0.6 is 11.3 Å². The molecule has 0 bridgehead atoms. The lowest BCUT2D eigenvalue weighted by atomic mass is 9.92. The normalized spacial score (nSPS) is 11.8. The third-order valence-corrected chi connectivity index (χ3v) is 11.0. The average Bonchev–Trinajstić information content (AvgIpc) is 3.53.